The molecule has 0 radical (unpaired) electrons. The lowest BCUT2D eigenvalue weighted by Gasteiger charge is -2.21. The van der Waals surface area contributed by atoms with Gasteiger partial charge in [-0.3, -0.25) is 9.91 Å². The molecule has 5 heteroatoms. The van der Waals surface area contributed by atoms with Crippen molar-refractivity contribution in [1.29, 1.82) is 0 Å². The molecular weight excluding hydrogens is 316 g/mol. The lowest BCUT2D eigenvalue weighted by Crippen LogP contribution is -2.79. The van der Waals surface area contributed by atoms with E-state index in [1.165, 1.54) is 0 Å². The highest BCUT2D eigenvalue weighted by atomic mass is 32.1. The smallest absolute Gasteiger partial charge is 0.0932 e. The molecule has 4 nitrogen and oxygen atoms in total. The van der Waals surface area contributed by atoms with Crippen molar-refractivity contribution in [2.24, 2.45) is 5.10 Å². The number of hydrogen-bond acceptors (Lipinski definition) is 4. The SMILES string of the molecule is C/C=C(\C=C/[NH2+]CCN(C)C(C)CS)/C=N/N(C)c1ccccc1. The standard InChI is InChI=1S/C19H30N4S/c1-5-18(11-12-20-13-14-22(3)17(2)16-24)15-21-23(4)19-9-7-6-8-10-19/h5-12,15,17,20,24H,13-14,16H2,1-4H3/p+1/b12-11-,18-5+,21-15+. The molecule has 0 fully saturated rings. The van der Waals surface area contributed by atoms with Gasteiger partial charge in [0.15, 0.2) is 0 Å². The number of thiol groups is 1. The molecular formula is C19H31N4S+. The van der Waals surface area contributed by atoms with E-state index in [4.69, 9.17) is 0 Å². The second-order valence-corrected chi connectivity index (χ2v) is 6.15. The molecule has 132 valence electrons. The first-order chi connectivity index (χ1) is 11.6. The maximum absolute atomic E-state index is 4.49. The van der Waals surface area contributed by atoms with Crippen molar-refractivity contribution in [1.82, 2.24) is 4.90 Å². The van der Waals surface area contributed by atoms with Crippen molar-refractivity contribution in [3.8, 4) is 0 Å². The molecule has 1 aromatic carbocycles. The first-order valence-corrected chi connectivity index (χ1v) is 9.01. The first-order valence-electron chi connectivity index (χ1n) is 8.38. The summed E-state index contributed by atoms with van der Waals surface area (Å²) in [6, 6.07) is 10.6. The maximum Gasteiger partial charge on any atom is 0.0932 e. The third kappa shape index (κ3) is 7.81. The van der Waals surface area contributed by atoms with Gasteiger partial charge in [-0.1, -0.05) is 24.3 Å². The van der Waals surface area contributed by atoms with Gasteiger partial charge in [-0.2, -0.15) is 17.7 Å². The lowest BCUT2D eigenvalue weighted by atomic mass is 10.3. The molecule has 1 aromatic rings. The van der Waals surface area contributed by atoms with Gasteiger partial charge in [0, 0.05) is 25.4 Å². The van der Waals surface area contributed by atoms with Gasteiger partial charge in [0.1, 0.15) is 0 Å². The van der Waals surface area contributed by atoms with Gasteiger partial charge in [-0.05, 0) is 44.7 Å². The summed E-state index contributed by atoms with van der Waals surface area (Å²) >= 11 is 4.33. The van der Waals surface area contributed by atoms with Gasteiger partial charge in [0.05, 0.1) is 24.6 Å². The van der Waals surface area contributed by atoms with E-state index in [9.17, 15) is 0 Å². The Hall–Kier alpha value is -1.56. The zero-order valence-corrected chi connectivity index (χ0v) is 16.2. The second kappa shape index (κ2) is 11.9. The maximum atomic E-state index is 4.49. The van der Waals surface area contributed by atoms with Crippen molar-refractivity contribution < 1.29 is 5.32 Å². The third-order valence-corrected chi connectivity index (χ3v) is 4.46. The number of nitrogens with zero attached hydrogens (tertiary/aromatic N) is 3. The van der Waals surface area contributed by atoms with Crippen LogP contribution in [0.4, 0.5) is 5.69 Å². The van der Waals surface area contributed by atoms with Crippen molar-refractivity contribution >= 4 is 24.5 Å². The molecule has 1 unspecified atom stereocenters. The van der Waals surface area contributed by atoms with Crippen molar-refractivity contribution in [3.05, 3.63) is 54.3 Å². The number of allylic oxidation sites excluding steroid dienone is 3. The summed E-state index contributed by atoms with van der Waals surface area (Å²) in [7, 11) is 4.09. The van der Waals surface area contributed by atoms with Gasteiger partial charge < -0.3 is 5.32 Å². The summed E-state index contributed by atoms with van der Waals surface area (Å²) in [6.45, 7) is 6.29. The molecule has 2 N–H and O–H groups in total. The Morgan fingerprint density at radius 1 is 1.29 bits per heavy atom. The van der Waals surface area contributed by atoms with E-state index in [2.05, 4.69) is 60.3 Å². The van der Waals surface area contributed by atoms with Gasteiger partial charge in [0.25, 0.3) is 0 Å². The van der Waals surface area contributed by atoms with Crippen LogP contribution in [0.25, 0.3) is 0 Å². The highest BCUT2D eigenvalue weighted by Gasteiger charge is 2.06. The van der Waals surface area contributed by atoms with E-state index in [0.29, 0.717) is 6.04 Å². The Balaban J connectivity index is 2.40. The average Bonchev–Trinajstić information content (AvgIpc) is 2.63. The lowest BCUT2D eigenvalue weighted by molar-refractivity contribution is -0.587. The van der Waals surface area contributed by atoms with Crippen molar-refractivity contribution in [2.45, 2.75) is 19.9 Å². The number of quaternary nitrogens is 1. The fourth-order valence-electron chi connectivity index (χ4n) is 1.99. The number of para-hydroxylation sites is 1. The molecule has 0 aliphatic carbocycles. The van der Waals surface area contributed by atoms with Crippen LogP contribution in [0.2, 0.25) is 0 Å². The molecule has 0 spiro atoms. The number of hydrazone groups is 1. The zero-order chi connectivity index (χ0) is 17.8. The summed E-state index contributed by atoms with van der Waals surface area (Å²) in [5.41, 5.74) is 2.16. The van der Waals surface area contributed by atoms with Gasteiger partial charge in [-0.15, -0.1) is 0 Å². The molecule has 0 saturated heterocycles. The molecule has 0 bridgehead atoms. The van der Waals surface area contributed by atoms with Crippen LogP contribution in [0.3, 0.4) is 0 Å². The summed E-state index contributed by atoms with van der Waals surface area (Å²) in [4.78, 5) is 2.32. The number of benzene rings is 1. The van der Waals surface area contributed by atoms with E-state index in [-0.39, 0.29) is 0 Å². The Kier molecular flexibility index (Phi) is 10.2. The molecule has 1 atom stereocenters. The van der Waals surface area contributed by atoms with Crippen LogP contribution in [0, 0.1) is 0 Å². The van der Waals surface area contributed by atoms with Crippen LogP contribution in [0.1, 0.15) is 13.8 Å². The predicted octanol–water partition coefficient (Wildman–Crippen LogP) is 2.38. The highest BCUT2D eigenvalue weighted by Crippen LogP contribution is 2.10. The third-order valence-electron chi connectivity index (χ3n) is 3.93. The van der Waals surface area contributed by atoms with Crippen LogP contribution < -0.4 is 10.3 Å². The highest BCUT2D eigenvalue weighted by molar-refractivity contribution is 7.80. The zero-order valence-electron chi connectivity index (χ0n) is 15.3. The molecule has 0 aliphatic rings. The van der Waals surface area contributed by atoms with Crippen LogP contribution in [0.15, 0.2) is 59.4 Å². The summed E-state index contributed by atoms with van der Waals surface area (Å²) in [5, 5.41) is 8.55. The van der Waals surface area contributed by atoms with E-state index in [1.807, 2.05) is 55.5 Å². The Labute approximate surface area is 152 Å². The van der Waals surface area contributed by atoms with Crippen molar-refractivity contribution in [2.75, 3.05) is 37.9 Å². The van der Waals surface area contributed by atoms with Gasteiger partial charge in [-0.25, -0.2) is 0 Å². The normalized spacial score (nSPS) is 14.0. The fraction of sp³-hybridized carbons (Fsp3) is 0.421. The molecule has 0 aromatic heterocycles. The predicted molar refractivity (Wildman–Crippen MR) is 109 cm³/mol. The van der Waals surface area contributed by atoms with E-state index in [1.54, 1.807) is 0 Å². The molecule has 0 heterocycles. The first kappa shape index (κ1) is 20.5. The minimum atomic E-state index is 0.512. The average molecular weight is 348 g/mol. The molecule has 24 heavy (non-hydrogen) atoms. The monoisotopic (exact) mass is 347 g/mol. The number of nitrogens with two attached hydrogens (primary N) is 1. The number of anilines is 1. The minimum absolute atomic E-state index is 0.512. The molecule has 0 saturated carbocycles. The van der Waals surface area contributed by atoms with Crippen LogP contribution in [-0.4, -0.2) is 50.1 Å². The Bertz CT molecular complexity index is 540. The summed E-state index contributed by atoms with van der Waals surface area (Å²) < 4.78 is 0. The number of hydrogen-bond donors (Lipinski definition) is 2. The molecule has 0 aliphatic heterocycles. The number of likely N-dealkylation sites (N-methyl/N-ethyl adjacent to an activating group) is 1. The Morgan fingerprint density at radius 3 is 2.62 bits per heavy atom. The topological polar surface area (TPSA) is 35.5 Å². The molecule has 1 rings (SSSR count). The van der Waals surface area contributed by atoms with Crippen LogP contribution >= 0.6 is 12.6 Å². The molecule has 0 amide bonds. The quantitative estimate of drug-likeness (QED) is 0.224. The van der Waals surface area contributed by atoms with Crippen LogP contribution in [-0.2, 0) is 0 Å². The van der Waals surface area contributed by atoms with E-state index < -0.39 is 0 Å². The van der Waals surface area contributed by atoms with Gasteiger partial charge in [0.2, 0.25) is 0 Å². The summed E-state index contributed by atoms with van der Waals surface area (Å²) in [6.07, 6.45) is 8.13. The van der Waals surface area contributed by atoms with Crippen LogP contribution in [0.5, 0.6) is 0 Å². The largest absolute Gasteiger partial charge is 0.319 e. The van der Waals surface area contributed by atoms with E-state index >= 15 is 0 Å². The Morgan fingerprint density at radius 2 is 2.00 bits per heavy atom. The summed E-state index contributed by atoms with van der Waals surface area (Å²) in [5.74, 6) is 0.889. The van der Waals surface area contributed by atoms with E-state index in [0.717, 1.165) is 30.1 Å². The number of rotatable bonds is 10. The van der Waals surface area contributed by atoms with Gasteiger partial charge >= 0.3 is 0 Å². The fourth-order valence-corrected chi connectivity index (χ4v) is 2.27. The minimum Gasteiger partial charge on any atom is -0.319 e. The van der Waals surface area contributed by atoms with Crippen molar-refractivity contribution in [3.63, 3.8) is 0 Å². The second-order valence-electron chi connectivity index (χ2n) is 5.79.